The van der Waals surface area contributed by atoms with Crippen molar-refractivity contribution in [2.45, 2.75) is 0 Å². The fourth-order valence-corrected chi connectivity index (χ4v) is 3.03. The zero-order valence-corrected chi connectivity index (χ0v) is 14.2. The summed E-state index contributed by atoms with van der Waals surface area (Å²) >= 11 is 3.38. The van der Waals surface area contributed by atoms with Crippen LogP contribution in [0.5, 0.6) is 0 Å². The maximum atomic E-state index is 12.3. The van der Waals surface area contributed by atoms with Gasteiger partial charge >= 0.3 is 0 Å². The number of nitrogens with zero attached hydrogens (tertiary/aromatic N) is 1. The maximum absolute atomic E-state index is 12.3. The zero-order valence-electron chi connectivity index (χ0n) is 12.6. The predicted octanol–water partition coefficient (Wildman–Crippen LogP) is 3.12. The van der Waals surface area contributed by atoms with Crippen LogP contribution in [0.1, 0.15) is 10.4 Å². The topological polar surface area (TPSA) is 67.6 Å². The molecule has 0 bridgehead atoms. The second-order valence-electron chi connectivity index (χ2n) is 5.31. The van der Waals surface area contributed by atoms with E-state index in [0.717, 1.165) is 23.2 Å². The Labute approximate surface area is 143 Å². The highest BCUT2D eigenvalue weighted by Gasteiger charge is 2.15. The summed E-state index contributed by atoms with van der Waals surface area (Å²) in [7, 11) is 0. The van der Waals surface area contributed by atoms with Crippen LogP contribution in [0, 0.1) is 0 Å². The molecule has 1 amide bonds. The number of benzene rings is 2. The molecular formula is C17H18BrN3O2. The number of hydrogen-bond donors (Lipinski definition) is 2. The molecule has 0 saturated carbocycles. The first-order chi connectivity index (χ1) is 11.1. The summed E-state index contributed by atoms with van der Waals surface area (Å²) in [5, 5.41) is 2.88. The quantitative estimate of drug-likeness (QED) is 0.808. The average molecular weight is 376 g/mol. The van der Waals surface area contributed by atoms with Gasteiger partial charge in [0.2, 0.25) is 0 Å². The predicted molar refractivity (Wildman–Crippen MR) is 96.0 cm³/mol. The van der Waals surface area contributed by atoms with Gasteiger partial charge in [0.05, 0.1) is 30.2 Å². The SMILES string of the molecule is Nc1cc(NC(=O)c2ccccc2Br)ccc1N1CCOCC1. The number of amides is 1. The average Bonchev–Trinajstić information content (AvgIpc) is 2.56. The molecule has 0 aliphatic carbocycles. The number of carbonyl (C=O) groups excluding carboxylic acids is 1. The van der Waals surface area contributed by atoms with Gasteiger partial charge in [0.1, 0.15) is 0 Å². The van der Waals surface area contributed by atoms with E-state index in [2.05, 4.69) is 26.1 Å². The number of hydrogen-bond acceptors (Lipinski definition) is 4. The molecule has 5 nitrogen and oxygen atoms in total. The monoisotopic (exact) mass is 375 g/mol. The van der Waals surface area contributed by atoms with Gasteiger partial charge in [0, 0.05) is 23.2 Å². The van der Waals surface area contributed by atoms with Crippen LogP contribution in [0.25, 0.3) is 0 Å². The first kappa shape index (κ1) is 15.8. The van der Waals surface area contributed by atoms with Crippen LogP contribution in [0.15, 0.2) is 46.9 Å². The van der Waals surface area contributed by atoms with Crippen molar-refractivity contribution in [1.29, 1.82) is 0 Å². The number of anilines is 3. The number of nitrogen functional groups attached to an aromatic ring is 1. The fourth-order valence-electron chi connectivity index (χ4n) is 2.57. The van der Waals surface area contributed by atoms with E-state index in [1.54, 1.807) is 12.1 Å². The van der Waals surface area contributed by atoms with Crippen molar-refractivity contribution in [3.8, 4) is 0 Å². The first-order valence-electron chi connectivity index (χ1n) is 7.43. The minimum Gasteiger partial charge on any atom is -0.397 e. The Bertz CT molecular complexity index is 715. The molecule has 1 fully saturated rings. The summed E-state index contributed by atoms with van der Waals surface area (Å²) in [5.41, 5.74) is 9.05. The summed E-state index contributed by atoms with van der Waals surface area (Å²) in [4.78, 5) is 14.5. The molecule has 0 atom stereocenters. The lowest BCUT2D eigenvalue weighted by Gasteiger charge is -2.30. The molecule has 1 aliphatic heterocycles. The third-order valence-electron chi connectivity index (χ3n) is 3.76. The maximum Gasteiger partial charge on any atom is 0.256 e. The van der Waals surface area contributed by atoms with Crippen LogP contribution in [-0.2, 0) is 4.74 Å². The molecule has 23 heavy (non-hydrogen) atoms. The van der Waals surface area contributed by atoms with Crippen LogP contribution >= 0.6 is 15.9 Å². The third kappa shape index (κ3) is 3.65. The highest BCUT2D eigenvalue weighted by atomic mass is 79.9. The van der Waals surface area contributed by atoms with Crippen molar-refractivity contribution < 1.29 is 9.53 Å². The molecule has 2 aromatic carbocycles. The van der Waals surface area contributed by atoms with Crippen molar-refractivity contribution in [3.63, 3.8) is 0 Å². The van der Waals surface area contributed by atoms with Gasteiger partial charge in [-0.3, -0.25) is 4.79 Å². The number of ether oxygens (including phenoxy) is 1. The minimum absolute atomic E-state index is 0.170. The van der Waals surface area contributed by atoms with Crippen molar-refractivity contribution in [1.82, 2.24) is 0 Å². The largest absolute Gasteiger partial charge is 0.397 e. The number of nitrogens with two attached hydrogens (primary N) is 1. The summed E-state index contributed by atoms with van der Waals surface area (Å²) in [6, 6.07) is 12.9. The molecule has 0 radical (unpaired) electrons. The molecular weight excluding hydrogens is 358 g/mol. The molecule has 3 rings (SSSR count). The Morgan fingerprint density at radius 3 is 2.61 bits per heavy atom. The van der Waals surface area contributed by atoms with Crippen LogP contribution < -0.4 is 16.0 Å². The molecule has 6 heteroatoms. The molecule has 3 N–H and O–H groups in total. The second kappa shape index (κ2) is 7.02. The number of nitrogens with one attached hydrogen (secondary N) is 1. The van der Waals surface area contributed by atoms with Crippen molar-refractivity contribution >= 4 is 38.9 Å². The third-order valence-corrected chi connectivity index (χ3v) is 4.45. The van der Waals surface area contributed by atoms with Gasteiger partial charge in [0.25, 0.3) is 5.91 Å². The Morgan fingerprint density at radius 1 is 1.17 bits per heavy atom. The zero-order chi connectivity index (χ0) is 16.2. The molecule has 1 saturated heterocycles. The van der Waals surface area contributed by atoms with E-state index < -0.39 is 0 Å². The van der Waals surface area contributed by atoms with E-state index >= 15 is 0 Å². The van der Waals surface area contributed by atoms with Gasteiger partial charge < -0.3 is 20.7 Å². The molecule has 2 aromatic rings. The highest BCUT2D eigenvalue weighted by Crippen LogP contribution is 2.28. The van der Waals surface area contributed by atoms with Gasteiger partial charge in [0.15, 0.2) is 0 Å². The Hall–Kier alpha value is -2.05. The molecule has 0 aromatic heterocycles. The van der Waals surface area contributed by atoms with E-state index in [0.29, 0.717) is 30.2 Å². The van der Waals surface area contributed by atoms with Crippen LogP contribution in [-0.4, -0.2) is 32.2 Å². The summed E-state index contributed by atoms with van der Waals surface area (Å²) in [6.45, 7) is 3.07. The summed E-state index contributed by atoms with van der Waals surface area (Å²) in [6.07, 6.45) is 0. The molecule has 0 unspecified atom stereocenters. The minimum atomic E-state index is -0.170. The molecule has 1 heterocycles. The van der Waals surface area contributed by atoms with Gasteiger partial charge in [-0.1, -0.05) is 12.1 Å². The van der Waals surface area contributed by atoms with E-state index in [1.807, 2.05) is 30.3 Å². The Kier molecular flexibility index (Phi) is 4.83. The number of carbonyl (C=O) groups is 1. The van der Waals surface area contributed by atoms with Gasteiger partial charge in [-0.15, -0.1) is 0 Å². The van der Waals surface area contributed by atoms with E-state index in [-0.39, 0.29) is 5.91 Å². The fraction of sp³-hybridized carbons (Fsp3) is 0.235. The van der Waals surface area contributed by atoms with Gasteiger partial charge in [-0.2, -0.15) is 0 Å². The summed E-state index contributed by atoms with van der Waals surface area (Å²) < 4.78 is 6.11. The van der Waals surface area contributed by atoms with E-state index in [4.69, 9.17) is 10.5 Å². The Balaban J connectivity index is 1.75. The standard InChI is InChI=1S/C17H18BrN3O2/c18-14-4-2-1-3-13(14)17(22)20-12-5-6-16(15(19)11-12)21-7-9-23-10-8-21/h1-6,11H,7-10,19H2,(H,20,22). The molecule has 1 aliphatic rings. The van der Waals surface area contributed by atoms with Crippen molar-refractivity contribution in [2.75, 3.05) is 42.3 Å². The lowest BCUT2D eigenvalue weighted by atomic mass is 10.2. The van der Waals surface area contributed by atoms with E-state index in [1.165, 1.54) is 0 Å². The lowest BCUT2D eigenvalue weighted by Crippen LogP contribution is -2.36. The Morgan fingerprint density at radius 2 is 1.91 bits per heavy atom. The van der Waals surface area contributed by atoms with Crippen molar-refractivity contribution in [3.05, 3.63) is 52.5 Å². The summed E-state index contributed by atoms with van der Waals surface area (Å²) in [5.74, 6) is -0.170. The van der Waals surface area contributed by atoms with Crippen LogP contribution in [0.3, 0.4) is 0 Å². The number of morpholine rings is 1. The van der Waals surface area contributed by atoms with Gasteiger partial charge in [-0.25, -0.2) is 0 Å². The normalized spacial score (nSPS) is 14.6. The van der Waals surface area contributed by atoms with Crippen LogP contribution in [0.2, 0.25) is 0 Å². The smallest absolute Gasteiger partial charge is 0.256 e. The molecule has 0 spiro atoms. The van der Waals surface area contributed by atoms with Gasteiger partial charge in [-0.05, 0) is 46.3 Å². The molecule has 120 valence electrons. The first-order valence-corrected chi connectivity index (χ1v) is 8.22. The number of rotatable bonds is 3. The second-order valence-corrected chi connectivity index (χ2v) is 6.16. The highest BCUT2D eigenvalue weighted by molar-refractivity contribution is 9.10. The van der Waals surface area contributed by atoms with Crippen LogP contribution in [0.4, 0.5) is 17.1 Å². The number of halogens is 1. The van der Waals surface area contributed by atoms with E-state index in [9.17, 15) is 4.79 Å². The lowest BCUT2D eigenvalue weighted by molar-refractivity contribution is 0.102. The van der Waals surface area contributed by atoms with Crippen molar-refractivity contribution in [2.24, 2.45) is 0 Å².